The minimum absolute atomic E-state index is 0.0265. The summed E-state index contributed by atoms with van der Waals surface area (Å²) in [6, 6.07) is 19.1. The largest absolute Gasteiger partial charge is 0.485 e. The monoisotopic (exact) mass is 416 g/mol. The number of anilines is 1. The van der Waals surface area contributed by atoms with Crippen LogP contribution < -0.4 is 10.1 Å². The highest BCUT2D eigenvalue weighted by Gasteiger charge is 2.18. The second-order valence-electron chi connectivity index (χ2n) is 7.34. The Morgan fingerprint density at radius 1 is 1.03 bits per heavy atom. The number of ketones is 1. The van der Waals surface area contributed by atoms with Crippen LogP contribution in [0.25, 0.3) is 0 Å². The number of nitro benzene ring substituents is 1. The molecule has 0 unspecified atom stereocenters. The molecule has 7 heteroatoms. The SMILES string of the molecule is O=C1CCc2cc(C(=O)COc3ccc([N+](=O)[O-])cc3Cc3ccccc3)ccc2N1. The van der Waals surface area contributed by atoms with Gasteiger partial charge in [0.15, 0.2) is 12.4 Å². The van der Waals surface area contributed by atoms with Crippen molar-refractivity contribution >= 4 is 23.1 Å². The number of amides is 1. The Bertz CT molecular complexity index is 1160. The highest BCUT2D eigenvalue weighted by atomic mass is 16.6. The van der Waals surface area contributed by atoms with Gasteiger partial charge in [0.2, 0.25) is 5.91 Å². The number of nitro groups is 1. The van der Waals surface area contributed by atoms with Gasteiger partial charge in [-0.1, -0.05) is 30.3 Å². The van der Waals surface area contributed by atoms with Gasteiger partial charge < -0.3 is 10.1 Å². The lowest BCUT2D eigenvalue weighted by molar-refractivity contribution is -0.384. The molecule has 3 aromatic rings. The molecule has 1 N–H and O–H groups in total. The summed E-state index contributed by atoms with van der Waals surface area (Å²) in [5.41, 5.74) is 3.75. The fourth-order valence-electron chi connectivity index (χ4n) is 3.56. The topological polar surface area (TPSA) is 98.5 Å². The summed E-state index contributed by atoms with van der Waals surface area (Å²) in [5, 5.41) is 14.0. The number of aryl methyl sites for hydroxylation is 1. The Hall–Kier alpha value is -4.00. The van der Waals surface area contributed by atoms with E-state index in [1.807, 2.05) is 30.3 Å². The van der Waals surface area contributed by atoms with Crippen LogP contribution >= 0.6 is 0 Å². The summed E-state index contributed by atoms with van der Waals surface area (Å²) < 4.78 is 5.78. The van der Waals surface area contributed by atoms with Crippen molar-refractivity contribution in [2.45, 2.75) is 19.3 Å². The standard InChI is InChI=1S/C24H20N2O5/c27-22(18-6-9-21-17(13-18)7-11-24(28)25-21)15-31-23-10-8-20(26(29)30)14-19(23)12-16-4-2-1-3-5-16/h1-6,8-10,13-14H,7,11-12,15H2,(H,25,28). The van der Waals surface area contributed by atoms with Crippen molar-refractivity contribution in [3.05, 3.63) is 99.1 Å². The Morgan fingerprint density at radius 2 is 1.84 bits per heavy atom. The molecule has 0 bridgehead atoms. The molecule has 156 valence electrons. The normalized spacial score (nSPS) is 12.6. The van der Waals surface area contributed by atoms with Crippen LogP contribution in [0, 0.1) is 10.1 Å². The molecule has 0 saturated carbocycles. The summed E-state index contributed by atoms with van der Waals surface area (Å²) >= 11 is 0. The number of benzene rings is 3. The first-order chi connectivity index (χ1) is 15.0. The van der Waals surface area contributed by atoms with E-state index in [-0.39, 0.29) is 24.0 Å². The average molecular weight is 416 g/mol. The number of nitrogens with one attached hydrogen (secondary N) is 1. The van der Waals surface area contributed by atoms with Gasteiger partial charge in [-0.15, -0.1) is 0 Å². The highest BCUT2D eigenvalue weighted by Crippen LogP contribution is 2.28. The molecule has 1 heterocycles. The van der Waals surface area contributed by atoms with Crippen molar-refractivity contribution in [3.63, 3.8) is 0 Å². The van der Waals surface area contributed by atoms with Gasteiger partial charge in [-0.3, -0.25) is 19.7 Å². The van der Waals surface area contributed by atoms with E-state index in [0.717, 1.165) is 16.8 Å². The maximum Gasteiger partial charge on any atom is 0.269 e. The molecule has 0 fully saturated rings. The summed E-state index contributed by atoms with van der Waals surface area (Å²) in [7, 11) is 0. The number of fused-ring (bicyclic) bond motifs is 1. The zero-order valence-electron chi connectivity index (χ0n) is 16.7. The van der Waals surface area contributed by atoms with Gasteiger partial charge in [0.1, 0.15) is 5.75 Å². The Kier molecular flexibility index (Phi) is 5.75. The molecule has 0 aromatic heterocycles. The predicted octanol–water partition coefficient (Wildman–Crippen LogP) is 4.33. The first-order valence-corrected chi connectivity index (χ1v) is 9.89. The number of carbonyl (C=O) groups excluding carboxylic acids is 2. The zero-order chi connectivity index (χ0) is 21.8. The van der Waals surface area contributed by atoms with Crippen molar-refractivity contribution in [2.24, 2.45) is 0 Å². The van der Waals surface area contributed by atoms with Crippen molar-refractivity contribution in [2.75, 3.05) is 11.9 Å². The van der Waals surface area contributed by atoms with Gasteiger partial charge in [0.05, 0.1) is 4.92 Å². The Labute approximate surface area is 178 Å². The highest BCUT2D eigenvalue weighted by molar-refractivity contribution is 5.99. The number of non-ortho nitro benzene ring substituents is 1. The van der Waals surface area contributed by atoms with Crippen molar-refractivity contribution < 1.29 is 19.2 Å². The molecular weight excluding hydrogens is 396 g/mol. The molecule has 0 spiro atoms. The van der Waals surface area contributed by atoms with Gasteiger partial charge in [0.25, 0.3) is 5.69 Å². The van der Waals surface area contributed by atoms with Crippen molar-refractivity contribution in [1.82, 2.24) is 0 Å². The van der Waals surface area contributed by atoms with E-state index in [2.05, 4.69) is 5.32 Å². The summed E-state index contributed by atoms with van der Waals surface area (Å²) in [6.07, 6.45) is 1.43. The fourth-order valence-corrected chi connectivity index (χ4v) is 3.56. The van der Waals surface area contributed by atoms with Gasteiger partial charge in [0, 0.05) is 41.8 Å². The Morgan fingerprint density at radius 3 is 2.61 bits per heavy atom. The number of nitrogens with zero attached hydrogens (tertiary/aromatic N) is 1. The molecule has 1 amide bonds. The predicted molar refractivity (Wildman–Crippen MR) is 116 cm³/mol. The van der Waals surface area contributed by atoms with Crippen LogP contribution in [0.15, 0.2) is 66.7 Å². The number of hydrogen-bond acceptors (Lipinski definition) is 5. The van der Waals surface area contributed by atoms with Gasteiger partial charge in [-0.25, -0.2) is 0 Å². The molecule has 1 aliphatic rings. The third-order valence-corrected chi connectivity index (χ3v) is 5.17. The summed E-state index contributed by atoms with van der Waals surface area (Å²) in [6.45, 7) is -0.190. The van der Waals surface area contributed by atoms with E-state index >= 15 is 0 Å². The van der Waals surface area contributed by atoms with Crippen molar-refractivity contribution in [1.29, 1.82) is 0 Å². The maximum atomic E-state index is 12.7. The van der Waals surface area contributed by atoms with E-state index in [9.17, 15) is 19.7 Å². The number of Topliss-reactive ketones (excluding diaryl/α,β-unsaturated/α-hetero) is 1. The van der Waals surface area contributed by atoms with Gasteiger partial charge >= 0.3 is 0 Å². The fraction of sp³-hybridized carbons (Fsp3) is 0.167. The van der Waals surface area contributed by atoms with Crippen LogP contribution in [0.5, 0.6) is 5.75 Å². The van der Waals surface area contributed by atoms with E-state index in [0.29, 0.717) is 36.1 Å². The molecule has 4 rings (SSSR count). The number of carbonyl (C=O) groups is 2. The first kappa shape index (κ1) is 20.3. The summed E-state index contributed by atoms with van der Waals surface area (Å²) in [5.74, 6) is 0.204. The van der Waals surface area contributed by atoms with Crippen molar-refractivity contribution in [3.8, 4) is 5.75 Å². The van der Waals surface area contributed by atoms with Crippen LogP contribution in [0.1, 0.15) is 33.5 Å². The third-order valence-electron chi connectivity index (χ3n) is 5.17. The first-order valence-electron chi connectivity index (χ1n) is 9.89. The number of rotatable bonds is 7. The quantitative estimate of drug-likeness (QED) is 0.351. The molecule has 0 radical (unpaired) electrons. The van der Waals surface area contributed by atoms with E-state index in [4.69, 9.17) is 4.74 Å². The minimum atomic E-state index is -0.449. The number of ether oxygens (including phenoxy) is 1. The summed E-state index contributed by atoms with van der Waals surface area (Å²) in [4.78, 5) is 34.9. The van der Waals surface area contributed by atoms with E-state index < -0.39 is 4.92 Å². The minimum Gasteiger partial charge on any atom is -0.485 e. The van der Waals surface area contributed by atoms with Gasteiger partial charge in [-0.05, 0) is 41.8 Å². The number of hydrogen-bond donors (Lipinski definition) is 1. The Balaban J connectivity index is 1.51. The van der Waals surface area contributed by atoms with Crippen LogP contribution in [-0.2, 0) is 17.6 Å². The molecule has 3 aromatic carbocycles. The van der Waals surface area contributed by atoms with Crippen LogP contribution in [0.3, 0.4) is 0 Å². The van der Waals surface area contributed by atoms with Crippen LogP contribution in [0.4, 0.5) is 11.4 Å². The molecule has 7 nitrogen and oxygen atoms in total. The lowest BCUT2D eigenvalue weighted by atomic mass is 9.99. The smallest absolute Gasteiger partial charge is 0.269 e. The molecule has 1 aliphatic heterocycles. The second kappa shape index (κ2) is 8.79. The average Bonchev–Trinajstić information content (AvgIpc) is 2.78. The molecule has 0 atom stereocenters. The van der Waals surface area contributed by atoms with Gasteiger partial charge in [-0.2, -0.15) is 0 Å². The molecule has 0 saturated heterocycles. The van der Waals surface area contributed by atoms with Crippen LogP contribution in [-0.4, -0.2) is 23.2 Å². The van der Waals surface area contributed by atoms with Crippen LogP contribution in [0.2, 0.25) is 0 Å². The molecule has 31 heavy (non-hydrogen) atoms. The lowest BCUT2D eigenvalue weighted by Crippen LogP contribution is -2.20. The van der Waals surface area contributed by atoms with E-state index in [1.165, 1.54) is 18.2 Å². The molecule has 0 aliphatic carbocycles. The second-order valence-corrected chi connectivity index (χ2v) is 7.34. The zero-order valence-corrected chi connectivity index (χ0v) is 16.7. The maximum absolute atomic E-state index is 12.7. The third kappa shape index (κ3) is 4.78. The van der Waals surface area contributed by atoms with E-state index in [1.54, 1.807) is 18.2 Å². The lowest BCUT2D eigenvalue weighted by Gasteiger charge is -2.17. The molecular formula is C24H20N2O5.